The molecule has 37 heavy (non-hydrogen) atoms. The number of hydrogen-bond acceptors (Lipinski definition) is 8. The van der Waals surface area contributed by atoms with Crippen LogP contribution in [0.4, 0.5) is 5.69 Å². The Labute approximate surface area is 221 Å². The van der Waals surface area contributed by atoms with Gasteiger partial charge in [-0.3, -0.25) is 4.79 Å². The molecule has 0 bridgehead atoms. The van der Waals surface area contributed by atoms with E-state index in [0.29, 0.717) is 27.5 Å². The molecule has 192 valence electrons. The van der Waals surface area contributed by atoms with Gasteiger partial charge < -0.3 is 24.5 Å². The number of nitrogens with zero attached hydrogens (tertiary/aromatic N) is 5. The van der Waals surface area contributed by atoms with E-state index in [1.54, 1.807) is 44.4 Å². The maximum Gasteiger partial charge on any atom is 0.355 e. The van der Waals surface area contributed by atoms with E-state index in [4.69, 9.17) is 32.7 Å². The number of pyridine rings is 1. The highest BCUT2D eigenvalue weighted by Gasteiger charge is 2.31. The van der Waals surface area contributed by atoms with Crippen molar-refractivity contribution in [3.05, 3.63) is 85.6 Å². The minimum absolute atomic E-state index is 0.00773. The predicted molar refractivity (Wildman–Crippen MR) is 138 cm³/mol. The molecule has 0 spiro atoms. The van der Waals surface area contributed by atoms with Crippen LogP contribution in [0.5, 0.6) is 11.9 Å². The van der Waals surface area contributed by atoms with E-state index in [2.05, 4.69) is 20.4 Å². The van der Waals surface area contributed by atoms with Crippen molar-refractivity contribution in [3.63, 3.8) is 0 Å². The van der Waals surface area contributed by atoms with Gasteiger partial charge >= 0.3 is 12.0 Å². The first-order valence-corrected chi connectivity index (χ1v) is 11.6. The van der Waals surface area contributed by atoms with Gasteiger partial charge in [0.1, 0.15) is 10.7 Å². The number of halogens is 2. The van der Waals surface area contributed by atoms with Crippen LogP contribution in [0.1, 0.15) is 33.4 Å². The summed E-state index contributed by atoms with van der Waals surface area (Å²) < 4.78 is 12.9. The lowest BCUT2D eigenvalue weighted by molar-refractivity contribution is 0.0685. The number of carbonyl (C=O) groups is 1. The van der Waals surface area contributed by atoms with E-state index in [9.17, 15) is 14.7 Å². The van der Waals surface area contributed by atoms with Crippen LogP contribution < -0.4 is 20.3 Å². The highest BCUT2D eigenvalue weighted by atomic mass is 35.5. The van der Waals surface area contributed by atoms with Crippen molar-refractivity contribution in [2.45, 2.75) is 13.0 Å². The van der Waals surface area contributed by atoms with Gasteiger partial charge in [0.15, 0.2) is 5.69 Å². The van der Waals surface area contributed by atoms with Gasteiger partial charge in [-0.15, -0.1) is 0 Å². The monoisotopic (exact) mass is 544 g/mol. The smallest absolute Gasteiger partial charge is 0.355 e. The molecular formula is C24H22Cl2N6O5. The summed E-state index contributed by atoms with van der Waals surface area (Å²) in [6.45, 7) is 1.69. The van der Waals surface area contributed by atoms with Crippen molar-refractivity contribution in [3.8, 4) is 17.6 Å². The Kier molecular flexibility index (Phi) is 7.37. The summed E-state index contributed by atoms with van der Waals surface area (Å²) in [5, 5.41) is 18.7. The van der Waals surface area contributed by atoms with Gasteiger partial charge in [0, 0.05) is 23.8 Å². The number of aromatic carboxylic acids is 1. The molecule has 0 saturated heterocycles. The van der Waals surface area contributed by atoms with Gasteiger partial charge in [0.25, 0.3) is 5.56 Å². The van der Waals surface area contributed by atoms with Gasteiger partial charge in [-0.2, -0.15) is 10.1 Å². The van der Waals surface area contributed by atoms with Crippen molar-refractivity contribution >= 4 is 34.9 Å². The first kappa shape index (κ1) is 26.0. The number of anilines is 1. The largest absolute Gasteiger partial charge is 0.479 e. The van der Waals surface area contributed by atoms with Crippen LogP contribution >= 0.6 is 23.2 Å². The molecule has 0 amide bonds. The van der Waals surface area contributed by atoms with Crippen LogP contribution in [0, 0.1) is 6.92 Å². The van der Waals surface area contributed by atoms with Gasteiger partial charge in [0.2, 0.25) is 5.88 Å². The third-order valence-corrected chi connectivity index (χ3v) is 6.09. The topological polar surface area (TPSA) is 133 Å². The standard InChI is InChI=1S/C24H22Cl2N6O5/c1-12-18(20(23(34)35)32(30-12)17-10-27-24(37-4)29-21(17)36-3)19(13-5-7-14(25)8-6-13)28-15-9-16(26)22(33)31(2)11-15/h5-11,19,28H,1-4H3,(H,34,35). The predicted octanol–water partition coefficient (Wildman–Crippen LogP) is 3.89. The average molecular weight is 545 g/mol. The van der Waals surface area contributed by atoms with Crippen molar-refractivity contribution in [2.75, 3.05) is 19.5 Å². The van der Waals surface area contributed by atoms with Gasteiger partial charge in [-0.25, -0.2) is 14.5 Å². The van der Waals surface area contributed by atoms with Crippen molar-refractivity contribution in [2.24, 2.45) is 7.05 Å². The van der Waals surface area contributed by atoms with Crippen LogP contribution in [0.25, 0.3) is 5.69 Å². The molecule has 13 heteroatoms. The lowest BCUT2D eigenvalue weighted by Crippen LogP contribution is -2.21. The lowest BCUT2D eigenvalue weighted by atomic mass is 9.96. The second kappa shape index (κ2) is 10.5. The summed E-state index contributed by atoms with van der Waals surface area (Å²) in [5.41, 5.74) is 1.65. The minimum Gasteiger partial charge on any atom is -0.479 e. The summed E-state index contributed by atoms with van der Waals surface area (Å²) in [5.74, 6) is -1.17. The highest BCUT2D eigenvalue weighted by molar-refractivity contribution is 6.30. The fourth-order valence-electron chi connectivity index (χ4n) is 3.90. The molecule has 4 aromatic rings. The van der Waals surface area contributed by atoms with E-state index in [1.807, 2.05) is 0 Å². The summed E-state index contributed by atoms with van der Waals surface area (Å²) in [6, 6.07) is 7.73. The molecule has 0 radical (unpaired) electrons. The zero-order chi connectivity index (χ0) is 26.9. The van der Waals surface area contributed by atoms with E-state index in [1.165, 1.54) is 35.7 Å². The molecule has 0 aliphatic carbocycles. The Morgan fingerprint density at radius 3 is 2.46 bits per heavy atom. The van der Waals surface area contributed by atoms with Crippen molar-refractivity contribution in [1.29, 1.82) is 0 Å². The second-order valence-electron chi connectivity index (χ2n) is 7.94. The Bertz CT molecular complexity index is 1510. The third-order valence-electron chi connectivity index (χ3n) is 5.57. The number of aryl methyl sites for hydroxylation is 2. The minimum atomic E-state index is -1.24. The highest BCUT2D eigenvalue weighted by Crippen LogP contribution is 2.35. The number of carboxylic acid groups (broad SMARTS) is 1. The number of hydrogen-bond donors (Lipinski definition) is 2. The van der Waals surface area contributed by atoms with E-state index in [-0.39, 0.29) is 33.9 Å². The maximum absolute atomic E-state index is 12.7. The SMILES string of the molecule is COc1ncc(-n2nc(C)c(C(Nc3cc(Cl)c(=O)n(C)c3)c3ccc(Cl)cc3)c2C(=O)O)c(OC)n1. The number of nitrogens with one attached hydrogen (secondary N) is 1. The number of carboxylic acids is 1. The number of methoxy groups -OCH3 is 2. The molecule has 1 aromatic carbocycles. The molecule has 11 nitrogen and oxygen atoms in total. The van der Waals surface area contributed by atoms with Crippen LogP contribution in [0.3, 0.4) is 0 Å². The Balaban J connectivity index is 1.95. The molecular weight excluding hydrogens is 523 g/mol. The molecule has 0 aliphatic rings. The molecule has 2 N–H and O–H groups in total. The molecule has 3 aromatic heterocycles. The quantitative estimate of drug-likeness (QED) is 0.338. The van der Waals surface area contributed by atoms with Crippen molar-refractivity contribution < 1.29 is 19.4 Å². The number of benzene rings is 1. The summed E-state index contributed by atoms with van der Waals surface area (Å²) >= 11 is 12.2. The third kappa shape index (κ3) is 5.09. The first-order chi connectivity index (χ1) is 17.6. The number of aromatic nitrogens is 5. The number of rotatable bonds is 8. The Morgan fingerprint density at radius 2 is 1.86 bits per heavy atom. The van der Waals surface area contributed by atoms with Crippen LogP contribution in [-0.4, -0.2) is 49.6 Å². The zero-order valence-corrected chi connectivity index (χ0v) is 21.7. The Morgan fingerprint density at radius 1 is 1.16 bits per heavy atom. The van der Waals surface area contributed by atoms with Crippen LogP contribution in [0.2, 0.25) is 10.0 Å². The first-order valence-electron chi connectivity index (χ1n) is 10.8. The number of ether oxygens (including phenoxy) is 2. The molecule has 0 fully saturated rings. The normalized spacial score (nSPS) is 11.7. The molecule has 4 rings (SSSR count). The lowest BCUT2D eigenvalue weighted by Gasteiger charge is -2.22. The summed E-state index contributed by atoms with van der Waals surface area (Å²) in [7, 11) is 4.37. The fraction of sp³-hybridized carbons (Fsp3) is 0.208. The van der Waals surface area contributed by atoms with Gasteiger partial charge in [-0.1, -0.05) is 35.3 Å². The van der Waals surface area contributed by atoms with E-state index < -0.39 is 12.0 Å². The molecule has 0 saturated carbocycles. The fourth-order valence-corrected chi connectivity index (χ4v) is 4.27. The second-order valence-corrected chi connectivity index (χ2v) is 8.78. The average Bonchev–Trinajstić information content (AvgIpc) is 3.22. The maximum atomic E-state index is 12.7. The van der Waals surface area contributed by atoms with E-state index >= 15 is 0 Å². The summed E-state index contributed by atoms with van der Waals surface area (Å²) in [4.78, 5) is 33.0. The van der Waals surface area contributed by atoms with Crippen LogP contribution in [-0.2, 0) is 7.05 Å². The molecule has 3 heterocycles. The van der Waals surface area contributed by atoms with Crippen molar-refractivity contribution in [1.82, 2.24) is 24.3 Å². The zero-order valence-electron chi connectivity index (χ0n) is 20.2. The molecule has 0 aliphatic heterocycles. The Hall–Kier alpha value is -4.09. The van der Waals surface area contributed by atoms with Gasteiger partial charge in [0.05, 0.1) is 37.8 Å². The van der Waals surface area contributed by atoms with Crippen LogP contribution in [0.15, 0.2) is 47.5 Å². The summed E-state index contributed by atoms with van der Waals surface area (Å²) in [6.07, 6.45) is 2.93. The molecule has 1 atom stereocenters. The molecule has 1 unspecified atom stereocenters. The van der Waals surface area contributed by atoms with E-state index in [0.717, 1.165) is 0 Å². The van der Waals surface area contributed by atoms with Gasteiger partial charge in [-0.05, 0) is 30.7 Å².